The number of amides is 1. The van der Waals surface area contributed by atoms with Crippen LogP contribution in [0.25, 0.3) is 6.08 Å². The van der Waals surface area contributed by atoms with Crippen molar-refractivity contribution in [2.45, 2.75) is 43.6 Å². The lowest BCUT2D eigenvalue weighted by Crippen LogP contribution is -2.49. The van der Waals surface area contributed by atoms with E-state index in [-0.39, 0.29) is 31.2 Å². The molecule has 3 nitrogen and oxygen atoms in total. The summed E-state index contributed by atoms with van der Waals surface area (Å²) in [5, 5.41) is 4.54. The Balaban J connectivity index is 1.76. The lowest BCUT2D eigenvalue weighted by molar-refractivity contribution is -0.139. The van der Waals surface area contributed by atoms with E-state index < -0.39 is 36.3 Å². The maximum Gasteiger partial charge on any atom is 0.405 e. The molecule has 2 N–H and O–H groups in total. The minimum absolute atomic E-state index is 0.0497. The van der Waals surface area contributed by atoms with Crippen LogP contribution in [-0.2, 0) is 0 Å². The Morgan fingerprint density at radius 1 is 1.08 bits per heavy atom. The molecule has 13 heteroatoms. The van der Waals surface area contributed by atoms with Gasteiger partial charge < -0.3 is 10.6 Å². The summed E-state index contributed by atoms with van der Waals surface area (Å²) >= 11 is 22.7. The molecule has 0 bridgehead atoms. The van der Waals surface area contributed by atoms with Crippen LogP contribution in [0.2, 0.25) is 15.1 Å². The second kappa shape index (κ2) is 11.0. The summed E-state index contributed by atoms with van der Waals surface area (Å²) in [5.41, 5.74) is -0.195. The average Bonchev–Trinajstić information content (AvgIpc) is 3.55. The molecule has 0 saturated heterocycles. The standard InChI is InChI=1S/C24H19Cl3F6N2OS/c1-12-8-13(3-5-16(24(31,32)33)14-9-17(25)19(27)18(26)10-14)2-4-15(12)20(36)35-22(6-7-22)21(37)34-11-23(28,29)30/h2-5,8-10,16H,6-7,11H2,1H3,(H,34,37)(H,35,36). The highest BCUT2D eigenvalue weighted by Crippen LogP contribution is 2.41. The zero-order valence-electron chi connectivity index (χ0n) is 19.0. The third-order valence-corrected chi connectivity index (χ3v) is 7.41. The highest BCUT2D eigenvalue weighted by Gasteiger charge is 2.49. The molecule has 3 rings (SSSR count). The van der Waals surface area contributed by atoms with Gasteiger partial charge in [0, 0.05) is 5.56 Å². The number of hydrogen-bond donors (Lipinski definition) is 2. The van der Waals surface area contributed by atoms with Gasteiger partial charge in [0.05, 0.1) is 26.5 Å². The number of benzene rings is 2. The smallest absolute Gasteiger partial charge is 0.369 e. The van der Waals surface area contributed by atoms with E-state index in [9.17, 15) is 31.1 Å². The summed E-state index contributed by atoms with van der Waals surface area (Å²) in [6, 6.07) is 6.58. The molecule has 0 spiro atoms. The Morgan fingerprint density at radius 3 is 2.16 bits per heavy atom. The molecular weight excluding hydrogens is 585 g/mol. The third kappa shape index (κ3) is 7.52. The summed E-state index contributed by atoms with van der Waals surface area (Å²) in [4.78, 5) is 12.7. The molecule has 1 aliphatic carbocycles. The third-order valence-electron chi connectivity index (χ3n) is 5.68. The van der Waals surface area contributed by atoms with Crippen molar-refractivity contribution in [1.29, 1.82) is 0 Å². The van der Waals surface area contributed by atoms with E-state index in [1.54, 1.807) is 6.92 Å². The summed E-state index contributed by atoms with van der Waals surface area (Å²) in [6.07, 6.45) is -6.14. The predicted octanol–water partition coefficient (Wildman–Crippen LogP) is 8.06. The molecule has 0 aromatic heterocycles. The number of rotatable bonds is 7. The topological polar surface area (TPSA) is 41.1 Å². The number of carbonyl (C=O) groups excluding carboxylic acids is 1. The molecule has 1 saturated carbocycles. The van der Waals surface area contributed by atoms with Crippen LogP contribution in [0.1, 0.15) is 45.8 Å². The molecule has 2 aromatic rings. The molecule has 200 valence electrons. The molecule has 1 unspecified atom stereocenters. The lowest BCUT2D eigenvalue weighted by atomic mass is 9.96. The predicted molar refractivity (Wildman–Crippen MR) is 137 cm³/mol. The highest BCUT2D eigenvalue weighted by atomic mass is 35.5. The monoisotopic (exact) mass is 602 g/mol. The first-order valence-corrected chi connectivity index (χ1v) is 12.2. The summed E-state index contributed by atoms with van der Waals surface area (Å²) in [7, 11) is 0. The van der Waals surface area contributed by atoms with Crippen molar-refractivity contribution in [3.8, 4) is 0 Å². The number of alkyl halides is 6. The van der Waals surface area contributed by atoms with Gasteiger partial charge in [-0.1, -0.05) is 71.3 Å². The number of allylic oxidation sites excluding steroid dienone is 1. The first-order chi connectivity index (χ1) is 17.0. The fraction of sp³-hybridized carbons (Fsp3) is 0.333. The van der Waals surface area contributed by atoms with Gasteiger partial charge in [0.1, 0.15) is 11.5 Å². The fourth-order valence-corrected chi connectivity index (χ4v) is 4.53. The Labute approximate surface area is 229 Å². The zero-order valence-corrected chi connectivity index (χ0v) is 22.0. The summed E-state index contributed by atoms with van der Waals surface area (Å²) in [5.74, 6) is -2.58. The normalized spacial score (nSPS) is 15.9. The largest absolute Gasteiger partial charge is 0.405 e. The van der Waals surface area contributed by atoms with Crippen LogP contribution in [0.15, 0.2) is 36.4 Å². The van der Waals surface area contributed by atoms with E-state index >= 15 is 0 Å². The maximum absolute atomic E-state index is 13.8. The Kier molecular flexibility index (Phi) is 8.78. The Hall–Kier alpha value is -2.01. The van der Waals surface area contributed by atoms with Gasteiger partial charge in [-0.15, -0.1) is 0 Å². The number of carbonyl (C=O) groups is 1. The SMILES string of the molecule is Cc1cc(C=CC(c2cc(Cl)c(Cl)c(Cl)c2)C(F)(F)F)ccc1C(=O)NC1(C(=S)NCC(F)(F)F)CC1. The molecule has 1 aliphatic rings. The van der Waals surface area contributed by atoms with Crippen LogP contribution in [0.3, 0.4) is 0 Å². The molecule has 37 heavy (non-hydrogen) atoms. The first kappa shape index (κ1) is 29.5. The Morgan fingerprint density at radius 2 is 1.68 bits per heavy atom. The van der Waals surface area contributed by atoms with Crippen molar-refractivity contribution in [2.75, 3.05) is 6.54 Å². The number of thiocarbonyl (C=S) groups is 1. The first-order valence-electron chi connectivity index (χ1n) is 10.7. The van der Waals surface area contributed by atoms with Gasteiger partial charge in [0.15, 0.2) is 0 Å². The van der Waals surface area contributed by atoms with Gasteiger partial charge in [0.2, 0.25) is 0 Å². The van der Waals surface area contributed by atoms with E-state index in [4.69, 9.17) is 47.0 Å². The molecule has 1 fully saturated rings. The molecule has 1 atom stereocenters. The number of nitrogens with one attached hydrogen (secondary N) is 2. The van der Waals surface area contributed by atoms with Gasteiger partial charge in [0.25, 0.3) is 5.91 Å². The minimum atomic E-state index is -4.65. The molecule has 1 amide bonds. The lowest BCUT2D eigenvalue weighted by Gasteiger charge is -2.21. The van der Waals surface area contributed by atoms with E-state index in [2.05, 4.69) is 10.6 Å². The van der Waals surface area contributed by atoms with Crippen LogP contribution < -0.4 is 10.6 Å². The van der Waals surface area contributed by atoms with Crippen LogP contribution in [-0.4, -0.2) is 35.3 Å². The molecular formula is C24H19Cl3F6N2OS. The maximum atomic E-state index is 13.8. The van der Waals surface area contributed by atoms with Crippen molar-refractivity contribution in [3.05, 3.63) is 73.7 Å². The van der Waals surface area contributed by atoms with Crippen molar-refractivity contribution in [2.24, 2.45) is 0 Å². The second-order valence-corrected chi connectivity index (χ2v) is 10.2. The van der Waals surface area contributed by atoms with Crippen molar-refractivity contribution < 1.29 is 31.1 Å². The number of hydrogen-bond acceptors (Lipinski definition) is 2. The summed E-state index contributed by atoms with van der Waals surface area (Å²) < 4.78 is 78.7. The van der Waals surface area contributed by atoms with Crippen LogP contribution >= 0.6 is 47.0 Å². The van der Waals surface area contributed by atoms with Crippen LogP contribution in [0.4, 0.5) is 26.3 Å². The second-order valence-electron chi connectivity index (χ2n) is 8.59. The molecule has 2 aromatic carbocycles. The molecule has 0 heterocycles. The van der Waals surface area contributed by atoms with Gasteiger partial charge in [-0.2, -0.15) is 26.3 Å². The van der Waals surface area contributed by atoms with E-state index in [1.165, 1.54) is 24.3 Å². The van der Waals surface area contributed by atoms with Crippen molar-refractivity contribution in [1.82, 2.24) is 10.6 Å². The summed E-state index contributed by atoms with van der Waals surface area (Å²) in [6.45, 7) is 0.281. The zero-order chi connectivity index (χ0) is 27.8. The Bertz CT molecular complexity index is 1220. The van der Waals surface area contributed by atoms with Gasteiger partial charge in [-0.3, -0.25) is 4.79 Å². The fourth-order valence-electron chi connectivity index (χ4n) is 3.58. The van der Waals surface area contributed by atoms with Crippen molar-refractivity contribution in [3.63, 3.8) is 0 Å². The van der Waals surface area contributed by atoms with Gasteiger partial charge in [-0.05, 0) is 54.7 Å². The molecule has 0 radical (unpaired) electrons. The van der Waals surface area contributed by atoms with E-state index in [0.29, 0.717) is 24.0 Å². The quantitative estimate of drug-likeness (QED) is 0.191. The minimum Gasteiger partial charge on any atom is -0.369 e. The van der Waals surface area contributed by atoms with Crippen LogP contribution in [0.5, 0.6) is 0 Å². The van der Waals surface area contributed by atoms with E-state index in [1.807, 2.05) is 0 Å². The average molecular weight is 604 g/mol. The number of aryl methyl sites for hydroxylation is 1. The van der Waals surface area contributed by atoms with Gasteiger partial charge >= 0.3 is 12.4 Å². The van der Waals surface area contributed by atoms with Crippen molar-refractivity contribution >= 4 is 64.0 Å². The van der Waals surface area contributed by atoms with E-state index in [0.717, 1.165) is 18.2 Å². The van der Waals surface area contributed by atoms with Gasteiger partial charge in [-0.25, -0.2) is 0 Å². The number of halogens is 9. The molecule has 0 aliphatic heterocycles. The van der Waals surface area contributed by atoms with Crippen LogP contribution in [0, 0.1) is 6.92 Å². The highest BCUT2D eigenvalue weighted by molar-refractivity contribution is 7.80.